The van der Waals surface area contributed by atoms with Crippen LogP contribution in [0.25, 0.3) is 10.9 Å². The van der Waals surface area contributed by atoms with Crippen molar-refractivity contribution in [3.05, 3.63) is 33.9 Å². The maximum absolute atomic E-state index is 3.57. The van der Waals surface area contributed by atoms with E-state index in [1.165, 1.54) is 22.2 Å². The molecule has 1 aliphatic heterocycles. The predicted octanol–water partition coefficient (Wildman–Crippen LogP) is 3.87. The van der Waals surface area contributed by atoms with Crippen LogP contribution in [0.3, 0.4) is 0 Å². The van der Waals surface area contributed by atoms with E-state index in [2.05, 4.69) is 65.2 Å². The molecule has 2 heterocycles. The van der Waals surface area contributed by atoms with Crippen LogP contribution in [0, 0.1) is 0 Å². The van der Waals surface area contributed by atoms with E-state index in [0.29, 0.717) is 6.04 Å². The van der Waals surface area contributed by atoms with E-state index in [1.807, 2.05) is 0 Å². The summed E-state index contributed by atoms with van der Waals surface area (Å²) < 4.78 is 1.15. The highest BCUT2D eigenvalue weighted by molar-refractivity contribution is 9.10. The lowest BCUT2D eigenvalue weighted by Crippen LogP contribution is -2.40. The van der Waals surface area contributed by atoms with Gasteiger partial charge in [-0.25, -0.2) is 0 Å². The molecule has 1 aromatic heterocycles. The summed E-state index contributed by atoms with van der Waals surface area (Å²) in [5, 5.41) is 4.92. The number of nitrogens with one attached hydrogen (secondary N) is 2. The second-order valence-electron chi connectivity index (χ2n) is 5.59. The molecular weight excluding hydrogens is 276 g/mol. The first kappa shape index (κ1) is 11.3. The van der Waals surface area contributed by atoms with Crippen LogP contribution in [0.2, 0.25) is 0 Å². The molecule has 0 saturated heterocycles. The Balaban J connectivity index is 2.38. The topological polar surface area (TPSA) is 27.8 Å². The van der Waals surface area contributed by atoms with Gasteiger partial charge in [0.15, 0.2) is 0 Å². The molecule has 0 fully saturated rings. The lowest BCUT2D eigenvalue weighted by atomic mass is 9.79. The zero-order valence-corrected chi connectivity index (χ0v) is 12.0. The average Bonchev–Trinajstić information content (AvgIpc) is 2.64. The highest BCUT2D eigenvalue weighted by atomic mass is 79.9. The van der Waals surface area contributed by atoms with Crippen molar-refractivity contribution in [2.45, 2.75) is 32.2 Å². The Morgan fingerprint density at radius 3 is 2.88 bits per heavy atom. The van der Waals surface area contributed by atoms with E-state index in [1.54, 1.807) is 0 Å². The summed E-state index contributed by atoms with van der Waals surface area (Å²) >= 11 is 3.57. The summed E-state index contributed by atoms with van der Waals surface area (Å²) in [6, 6.07) is 6.88. The van der Waals surface area contributed by atoms with Crippen LogP contribution in [-0.4, -0.2) is 11.5 Å². The molecule has 90 valence electrons. The van der Waals surface area contributed by atoms with E-state index in [9.17, 15) is 0 Å². The van der Waals surface area contributed by atoms with Gasteiger partial charge in [-0.15, -0.1) is 0 Å². The van der Waals surface area contributed by atoms with Gasteiger partial charge in [0.1, 0.15) is 0 Å². The van der Waals surface area contributed by atoms with Crippen LogP contribution in [0.5, 0.6) is 0 Å². The summed E-state index contributed by atoms with van der Waals surface area (Å²) in [7, 11) is 0. The van der Waals surface area contributed by atoms with Gasteiger partial charge in [-0.2, -0.15) is 0 Å². The molecule has 0 bridgehead atoms. The number of rotatable bonds is 0. The van der Waals surface area contributed by atoms with Crippen LogP contribution in [0.1, 0.15) is 38.1 Å². The van der Waals surface area contributed by atoms with E-state index >= 15 is 0 Å². The lowest BCUT2D eigenvalue weighted by molar-refractivity contribution is 0.394. The van der Waals surface area contributed by atoms with Crippen molar-refractivity contribution in [1.29, 1.82) is 0 Å². The molecule has 0 radical (unpaired) electrons. The predicted molar refractivity (Wildman–Crippen MR) is 75.4 cm³/mol. The number of benzene rings is 1. The van der Waals surface area contributed by atoms with E-state index in [4.69, 9.17) is 0 Å². The molecule has 1 atom stereocenters. The van der Waals surface area contributed by atoms with Gasteiger partial charge in [0.05, 0.1) is 0 Å². The van der Waals surface area contributed by atoms with Crippen molar-refractivity contribution < 1.29 is 0 Å². The van der Waals surface area contributed by atoms with Crippen molar-refractivity contribution >= 4 is 26.8 Å². The first-order valence-electron chi connectivity index (χ1n) is 6.04. The highest BCUT2D eigenvalue weighted by Crippen LogP contribution is 2.40. The summed E-state index contributed by atoms with van der Waals surface area (Å²) in [4.78, 5) is 3.57. The summed E-state index contributed by atoms with van der Waals surface area (Å²) in [5.41, 5.74) is 4.23. The van der Waals surface area contributed by atoms with Crippen molar-refractivity contribution in [3.63, 3.8) is 0 Å². The Morgan fingerprint density at radius 2 is 2.12 bits per heavy atom. The fourth-order valence-corrected chi connectivity index (χ4v) is 3.20. The summed E-state index contributed by atoms with van der Waals surface area (Å²) in [6.07, 6.45) is 0. The number of halogens is 1. The van der Waals surface area contributed by atoms with Gasteiger partial charge < -0.3 is 10.3 Å². The molecule has 2 N–H and O–H groups in total. The Labute approximate surface area is 110 Å². The fraction of sp³-hybridized carbons (Fsp3) is 0.429. The van der Waals surface area contributed by atoms with Crippen molar-refractivity contribution in [2.75, 3.05) is 6.54 Å². The molecule has 3 heteroatoms. The van der Waals surface area contributed by atoms with Gasteiger partial charge in [0, 0.05) is 39.1 Å². The molecule has 0 saturated carbocycles. The zero-order chi connectivity index (χ0) is 12.2. The van der Waals surface area contributed by atoms with Gasteiger partial charge in [0.25, 0.3) is 0 Å². The third kappa shape index (κ3) is 1.64. The van der Waals surface area contributed by atoms with Crippen LogP contribution in [-0.2, 0) is 5.41 Å². The van der Waals surface area contributed by atoms with Crippen LogP contribution < -0.4 is 5.32 Å². The smallest absolute Gasteiger partial charge is 0.0460 e. The minimum absolute atomic E-state index is 0.181. The molecular formula is C14H17BrN2. The summed E-state index contributed by atoms with van der Waals surface area (Å²) in [5.74, 6) is 0. The molecule has 0 amide bonds. The van der Waals surface area contributed by atoms with E-state index in [0.717, 1.165) is 11.0 Å². The van der Waals surface area contributed by atoms with Crippen molar-refractivity contribution in [1.82, 2.24) is 10.3 Å². The first-order chi connectivity index (χ1) is 7.99. The third-order valence-corrected chi connectivity index (χ3v) is 4.24. The Morgan fingerprint density at radius 1 is 1.35 bits per heavy atom. The second kappa shape index (κ2) is 3.59. The molecule has 1 unspecified atom stereocenters. The van der Waals surface area contributed by atoms with Crippen molar-refractivity contribution in [2.24, 2.45) is 0 Å². The third-order valence-electron chi connectivity index (χ3n) is 3.75. The second-order valence-corrected chi connectivity index (χ2v) is 6.51. The number of aromatic amines is 1. The van der Waals surface area contributed by atoms with Gasteiger partial charge in [-0.3, -0.25) is 0 Å². The minimum Gasteiger partial charge on any atom is -0.357 e. The fourth-order valence-electron chi connectivity index (χ4n) is 2.84. The normalized spacial score (nSPS) is 22.7. The Kier molecular flexibility index (Phi) is 2.39. The minimum atomic E-state index is 0.181. The quantitative estimate of drug-likeness (QED) is 0.758. The van der Waals surface area contributed by atoms with E-state index < -0.39 is 0 Å². The highest BCUT2D eigenvalue weighted by Gasteiger charge is 2.33. The largest absolute Gasteiger partial charge is 0.357 e. The number of fused-ring (bicyclic) bond motifs is 3. The Hall–Kier alpha value is -0.800. The molecule has 1 aliphatic rings. The zero-order valence-electron chi connectivity index (χ0n) is 10.4. The molecule has 17 heavy (non-hydrogen) atoms. The molecule has 2 nitrogen and oxygen atoms in total. The van der Waals surface area contributed by atoms with Gasteiger partial charge in [-0.05, 0) is 30.7 Å². The summed E-state index contributed by atoms with van der Waals surface area (Å²) in [6.45, 7) is 7.86. The van der Waals surface area contributed by atoms with Crippen LogP contribution in [0.4, 0.5) is 0 Å². The standard InChI is InChI=1S/C14H17BrN2/c1-8-13-12(14(2,3)7-16-8)10-6-9(15)4-5-11(10)17-13/h4-6,8,16-17H,7H2,1-3H3. The maximum atomic E-state index is 3.57. The van der Waals surface area contributed by atoms with E-state index in [-0.39, 0.29) is 5.41 Å². The Bertz CT molecular complexity index is 583. The molecule has 1 aromatic carbocycles. The number of H-pyrrole nitrogens is 1. The molecule has 0 spiro atoms. The first-order valence-corrected chi connectivity index (χ1v) is 6.83. The van der Waals surface area contributed by atoms with Crippen LogP contribution >= 0.6 is 15.9 Å². The van der Waals surface area contributed by atoms with Gasteiger partial charge >= 0.3 is 0 Å². The van der Waals surface area contributed by atoms with Crippen LogP contribution in [0.15, 0.2) is 22.7 Å². The SMILES string of the molecule is CC1NCC(C)(C)c2c1[nH]c1ccc(Br)cc21. The van der Waals surface area contributed by atoms with Gasteiger partial charge in [0.2, 0.25) is 0 Å². The number of aromatic nitrogens is 1. The lowest BCUT2D eigenvalue weighted by Gasteiger charge is -2.34. The van der Waals surface area contributed by atoms with Crippen molar-refractivity contribution in [3.8, 4) is 0 Å². The number of hydrogen-bond donors (Lipinski definition) is 2. The maximum Gasteiger partial charge on any atom is 0.0460 e. The molecule has 2 aromatic rings. The number of hydrogen-bond acceptors (Lipinski definition) is 1. The molecule has 3 rings (SSSR count). The average molecular weight is 293 g/mol. The molecule has 0 aliphatic carbocycles. The monoisotopic (exact) mass is 292 g/mol. The van der Waals surface area contributed by atoms with Gasteiger partial charge in [-0.1, -0.05) is 29.8 Å².